The van der Waals surface area contributed by atoms with Gasteiger partial charge in [-0.25, -0.2) is 8.42 Å². The van der Waals surface area contributed by atoms with Gasteiger partial charge in [0.25, 0.3) is 5.91 Å². The molecule has 1 fully saturated rings. The van der Waals surface area contributed by atoms with E-state index in [9.17, 15) is 13.2 Å². The van der Waals surface area contributed by atoms with Crippen LogP contribution in [0.15, 0.2) is 40.6 Å². The van der Waals surface area contributed by atoms with Crippen LogP contribution >= 0.6 is 11.3 Å². The van der Waals surface area contributed by atoms with Crippen LogP contribution in [-0.2, 0) is 16.6 Å². The van der Waals surface area contributed by atoms with Crippen molar-refractivity contribution in [1.29, 1.82) is 0 Å². The van der Waals surface area contributed by atoms with Crippen LogP contribution in [0.3, 0.4) is 0 Å². The molecule has 1 saturated heterocycles. The number of sulfonamides is 1. The SMILES string of the molecule is Cc1ccsc1CN(C)C(=O)c1ccc(S(=O)(=O)N2CCCC[C@H]2C)cc1. The Kier molecular flexibility index (Phi) is 6.03. The number of rotatable bonds is 5. The molecule has 3 rings (SSSR count). The zero-order chi connectivity index (χ0) is 19.6. The summed E-state index contributed by atoms with van der Waals surface area (Å²) in [7, 11) is -1.75. The molecule has 0 aliphatic carbocycles. The number of carbonyl (C=O) groups is 1. The summed E-state index contributed by atoms with van der Waals surface area (Å²) in [5, 5.41) is 2.02. The number of benzene rings is 1. The number of aryl methyl sites for hydroxylation is 1. The average molecular weight is 407 g/mol. The quantitative estimate of drug-likeness (QED) is 0.757. The third-order valence-corrected chi connectivity index (χ3v) is 8.18. The lowest BCUT2D eigenvalue weighted by Gasteiger charge is -2.32. The zero-order valence-electron chi connectivity index (χ0n) is 16.0. The first kappa shape index (κ1) is 20.0. The second-order valence-corrected chi connectivity index (χ2v) is 10.1. The van der Waals surface area contributed by atoms with Crippen LogP contribution in [-0.4, -0.2) is 43.2 Å². The maximum atomic E-state index is 12.9. The van der Waals surface area contributed by atoms with E-state index in [-0.39, 0.29) is 16.8 Å². The smallest absolute Gasteiger partial charge is 0.253 e. The Morgan fingerprint density at radius 1 is 1.22 bits per heavy atom. The Morgan fingerprint density at radius 2 is 1.93 bits per heavy atom. The van der Waals surface area contributed by atoms with Crippen LogP contribution in [0, 0.1) is 6.92 Å². The molecular weight excluding hydrogens is 380 g/mol. The van der Waals surface area contributed by atoms with E-state index in [1.54, 1.807) is 51.9 Å². The number of hydrogen-bond acceptors (Lipinski definition) is 4. The predicted octanol–water partition coefficient (Wildman–Crippen LogP) is 3.89. The lowest BCUT2D eigenvalue weighted by Crippen LogP contribution is -2.41. The number of nitrogens with zero attached hydrogens (tertiary/aromatic N) is 2. The van der Waals surface area contributed by atoms with E-state index in [1.807, 2.05) is 25.3 Å². The minimum absolute atomic E-state index is 0.0187. The van der Waals surface area contributed by atoms with Gasteiger partial charge in [-0.05, 0) is 68.0 Å². The molecule has 2 aromatic rings. The lowest BCUT2D eigenvalue weighted by molar-refractivity contribution is 0.0786. The molecule has 0 spiro atoms. The first-order valence-electron chi connectivity index (χ1n) is 9.21. The van der Waals surface area contributed by atoms with Crippen molar-refractivity contribution in [2.75, 3.05) is 13.6 Å². The van der Waals surface area contributed by atoms with Gasteiger partial charge in [0.15, 0.2) is 0 Å². The molecule has 1 aliphatic rings. The molecule has 1 atom stereocenters. The Labute approximate surface area is 165 Å². The third kappa shape index (κ3) is 4.25. The van der Waals surface area contributed by atoms with Gasteiger partial charge in [0.1, 0.15) is 0 Å². The van der Waals surface area contributed by atoms with E-state index in [0.29, 0.717) is 18.7 Å². The highest BCUT2D eigenvalue weighted by molar-refractivity contribution is 7.89. The fraction of sp³-hybridized carbons (Fsp3) is 0.450. The van der Waals surface area contributed by atoms with Crippen molar-refractivity contribution in [2.45, 2.75) is 50.6 Å². The Balaban J connectivity index is 1.74. The standard InChI is InChI=1S/C20H26N2O3S2/c1-15-11-13-26-19(15)14-21(3)20(23)17-7-9-18(10-8-17)27(24,25)22-12-5-4-6-16(22)2/h7-11,13,16H,4-6,12,14H2,1-3H3/t16-/m1/s1. The van der Waals surface area contributed by atoms with Crippen LogP contribution in [0.1, 0.15) is 47.0 Å². The summed E-state index contributed by atoms with van der Waals surface area (Å²) >= 11 is 1.63. The van der Waals surface area contributed by atoms with Gasteiger partial charge in [-0.2, -0.15) is 4.31 Å². The molecule has 7 heteroatoms. The monoisotopic (exact) mass is 406 g/mol. The number of piperidine rings is 1. The van der Waals surface area contributed by atoms with E-state index < -0.39 is 10.0 Å². The van der Waals surface area contributed by atoms with Crippen molar-refractivity contribution in [3.8, 4) is 0 Å². The molecule has 1 aromatic heterocycles. The van der Waals surface area contributed by atoms with Gasteiger partial charge in [0.2, 0.25) is 10.0 Å². The molecule has 146 valence electrons. The van der Waals surface area contributed by atoms with E-state index in [2.05, 4.69) is 0 Å². The summed E-state index contributed by atoms with van der Waals surface area (Å²) < 4.78 is 27.4. The summed E-state index contributed by atoms with van der Waals surface area (Å²) in [5.74, 6) is -0.113. The Morgan fingerprint density at radius 3 is 2.52 bits per heavy atom. The van der Waals surface area contributed by atoms with Crippen LogP contribution in [0.25, 0.3) is 0 Å². The van der Waals surface area contributed by atoms with Crippen LogP contribution < -0.4 is 0 Å². The van der Waals surface area contributed by atoms with Crippen molar-refractivity contribution in [1.82, 2.24) is 9.21 Å². The Hall–Kier alpha value is -1.70. The Bertz CT molecular complexity index is 904. The molecule has 0 radical (unpaired) electrons. The minimum atomic E-state index is -3.51. The molecule has 0 bridgehead atoms. The number of amides is 1. The van der Waals surface area contributed by atoms with Gasteiger partial charge in [0.05, 0.1) is 11.4 Å². The van der Waals surface area contributed by atoms with Crippen molar-refractivity contribution in [3.05, 3.63) is 51.7 Å². The van der Waals surface area contributed by atoms with Crippen molar-refractivity contribution >= 4 is 27.3 Å². The molecule has 1 aliphatic heterocycles. The molecule has 27 heavy (non-hydrogen) atoms. The van der Waals surface area contributed by atoms with Gasteiger partial charge < -0.3 is 4.90 Å². The summed E-state index contributed by atoms with van der Waals surface area (Å²) in [6, 6.07) is 8.38. The first-order valence-corrected chi connectivity index (χ1v) is 11.5. The van der Waals surface area contributed by atoms with Crippen molar-refractivity contribution in [3.63, 3.8) is 0 Å². The summed E-state index contributed by atoms with van der Waals surface area (Å²) in [6.07, 6.45) is 2.85. The molecule has 5 nitrogen and oxygen atoms in total. The van der Waals surface area contributed by atoms with Crippen LogP contribution in [0.4, 0.5) is 0 Å². The zero-order valence-corrected chi connectivity index (χ0v) is 17.6. The summed E-state index contributed by atoms with van der Waals surface area (Å²) in [5.41, 5.74) is 1.68. The fourth-order valence-corrected chi connectivity index (χ4v) is 6.07. The maximum absolute atomic E-state index is 12.9. The topological polar surface area (TPSA) is 57.7 Å². The van der Waals surface area contributed by atoms with E-state index in [1.165, 1.54) is 5.56 Å². The summed E-state index contributed by atoms with van der Waals surface area (Å²) in [6.45, 7) is 5.10. The van der Waals surface area contributed by atoms with Crippen LogP contribution in [0.2, 0.25) is 0 Å². The first-order chi connectivity index (χ1) is 12.8. The largest absolute Gasteiger partial charge is 0.337 e. The molecule has 0 saturated carbocycles. The second-order valence-electron chi connectivity index (χ2n) is 7.17. The lowest BCUT2D eigenvalue weighted by atomic mass is 10.1. The van der Waals surface area contributed by atoms with E-state index in [0.717, 1.165) is 24.1 Å². The molecule has 0 unspecified atom stereocenters. The van der Waals surface area contributed by atoms with Gasteiger partial charge in [-0.1, -0.05) is 6.42 Å². The van der Waals surface area contributed by atoms with Crippen molar-refractivity contribution in [2.24, 2.45) is 0 Å². The van der Waals surface area contributed by atoms with Gasteiger partial charge in [-0.15, -0.1) is 11.3 Å². The number of thiophene rings is 1. The number of carbonyl (C=O) groups excluding carboxylic acids is 1. The maximum Gasteiger partial charge on any atom is 0.253 e. The van der Waals surface area contributed by atoms with Gasteiger partial charge >= 0.3 is 0 Å². The molecule has 1 amide bonds. The third-order valence-electron chi connectivity index (χ3n) is 5.15. The highest BCUT2D eigenvalue weighted by Crippen LogP contribution is 2.25. The fourth-order valence-electron chi connectivity index (χ4n) is 3.41. The van der Waals surface area contributed by atoms with Crippen molar-refractivity contribution < 1.29 is 13.2 Å². The highest BCUT2D eigenvalue weighted by Gasteiger charge is 2.31. The predicted molar refractivity (Wildman–Crippen MR) is 109 cm³/mol. The average Bonchev–Trinajstić information content (AvgIpc) is 3.06. The normalized spacial score (nSPS) is 18.4. The molecule has 1 aromatic carbocycles. The van der Waals surface area contributed by atoms with Crippen LogP contribution in [0.5, 0.6) is 0 Å². The minimum Gasteiger partial charge on any atom is -0.337 e. The number of hydrogen-bond donors (Lipinski definition) is 0. The van der Waals surface area contributed by atoms with E-state index in [4.69, 9.17) is 0 Å². The molecular formula is C20H26N2O3S2. The second kappa shape index (κ2) is 8.12. The van der Waals surface area contributed by atoms with Gasteiger partial charge in [-0.3, -0.25) is 4.79 Å². The molecule has 2 heterocycles. The highest BCUT2D eigenvalue weighted by atomic mass is 32.2. The van der Waals surface area contributed by atoms with Gasteiger partial charge in [0, 0.05) is 30.1 Å². The van der Waals surface area contributed by atoms with E-state index >= 15 is 0 Å². The summed E-state index contributed by atoms with van der Waals surface area (Å²) in [4.78, 5) is 15.7. The molecule has 0 N–H and O–H groups in total.